The molecular formula is C15H30N2. The summed E-state index contributed by atoms with van der Waals surface area (Å²) >= 11 is 0. The monoisotopic (exact) mass is 238 g/mol. The zero-order valence-corrected chi connectivity index (χ0v) is 12.1. The zero-order valence-electron chi connectivity index (χ0n) is 12.1. The molecule has 3 unspecified atom stereocenters. The summed E-state index contributed by atoms with van der Waals surface area (Å²) in [6.45, 7) is 12.0. The van der Waals surface area contributed by atoms with E-state index in [4.69, 9.17) is 5.73 Å². The van der Waals surface area contributed by atoms with Crippen LogP contribution < -0.4 is 5.73 Å². The first-order valence-corrected chi connectivity index (χ1v) is 7.39. The van der Waals surface area contributed by atoms with Crippen molar-refractivity contribution in [2.45, 2.75) is 65.5 Å². The second-order valence-electron chi connectivity index (χ2n) is 7.35. The minimum atomic E-state index is 0.384. The van der Waals surface area contributed by atoms with Gasteiger partial charge in [-0.25, -0.2) is 0 Å². The van der Waals surface area contributed by atoms with Crippen molar-refractivity contribution >= 4 is 0 Å². The van der Waals surface area contributed by atoms with E-state index >= 15 is 0 Å². The molecule has 0 spiro atoms. The van der Waals surface area contributed by atoms with Crippen LogP contribution in [0.25, 0.3) is 0 Å². The summed E-state index contributed by atoms with van der Waals surface area (Å²) in [5.74, 6) is 1.63. The molecule has 0 aromatic carbocycles. The molecule has 2 fully saturated rings. The molecule has 2 nitrogen and oxygen atoms in total. The predicted molar refractivity (Wildman–Crippen MR) is 73.9 cm³/mol. The smallest absolute Gasteiger partial charge is 0.0126 e. The van der Waals surface area contributed by atoms with Crippen molar-refractivity contribution in [2.75, 3.05) is 13.1 Å². The first kappa shape index (κ1) is 13.4. The molecule has 0 aromatic heterocycles. The van der Waals surface area contributed by atoms with Gasteiger partial charge in [-0.2, -0.15) is 0 Å². The minimum absolute atomic E-state index is 0.384. The molecule has 0 aromatic rings. The number of piperidine rings is 1. The summed E-state index contributed by atoms with van der Waals surface area (Å²) in [6.07, 6.45) is 5.39. The number of nitrogens with zero attached hydrogens (tertiary/aromatic N) is 1. The van der Waals surface area contributed by atoms with Crippen molar-refractivity contribution in [1.29, 1.82) is 0 Å². The molecule has 2 aliphatic rings. The molecule has 2 N–H and O–H groups in total. The van der Waals surface area contributed by atoms with E-state index in [-0.39, 0.29) is 0 Å². The quantitative estimate of drug-likeness (QED) is 0.801. The van der Waals surface area contributed by atoms with Crippen LogP contribution in [0.3, 0.4) is 0 Å². The van der Waals surface area contributed by atoms with Crippen molar-refractivity contribution in [3.8, 4) is 0 Å². The van der Waals surface area contributed by atoms with Crippen LogP contribution in [0.4, 0.5) is 0 Å². The molecular weight excluding hydrogens is 208 g/mol. The molecule has 1 saturated heterocycles. The van der Waals surface area contributed by atoms with E-state index < -0.39 is 0 Å². The maximum atomic E-state index is 6.02. The fourth-order valence-electron chi connectivity index (χ4n) is 4.12. The molecule has 1 aliphatic heterocycles. The van der Waals surface area contributed by atoms with Gasteiger partial charge in [0, 0.05) is 12.1 Å². The molecule has 2 rings (SSSR count). The Bertz CT molecular complexity index is 252. The Balaban J connectivity index is 1.89. The van der Waals surface area contributed by atoms with E-state index in [2.05, 4.69) is 32.6 Å². The minimum Gasteiger partial charge on any atom is -0.328 e. The average Bonchev–Trinajstić information content (AvgIpc) is 2.52. The van der Waals surface area contributed by atoms with Gasteiger partial charge in [0.15, 0.2) is 0 Å². The SMILES string of the molecule is CC(N)C1CCN(C2CC(C)(C)CC2C)CC1. The first-order valence-electron chi connectivity index (χ1n) is 7.39. The zero-order chi connectivity index (χ0) is 12.6. The molecule has 0 radical (unpaired) electrons. The molecule has 100 valence electrons. The fraction of sp³-hybridized carbons (Fsp3) is 1.00. The van der Waals surface area contributed by atoms with Gasteiger partial charge in [-0.05, 0) is 62.9 Å². The summed E-state index contributed by atoms with van der Waals surface area (Å²) in [4.78, 5) is 2.75. The molecule has 0 bridgehead atoms. The Hall–Kier alpha value is -0.0800. The third-order valence-electron chi connectivity index (χ3n) is 5.08. The summed E-state index contributed by atoms with van der Waals surface area (Å²) in [6, 6.07) is 1.22. The summed E-state index contributed by atoms with van der Waals surface area (Å²) < 4.78 is 0. The van der Waals surface area contributed by atoms with Crippen molar-refractivity contribution in [3.05, 3.63) is 0 Å². The molecule has 1 aliphatic carbocycles. The number of rotatable bonds is 2. The third kappa shape index (κ3) is 3.03. The molecule has 17 heavy (non-hydrogen) atoms. The van der Waals surface area contributed by atoms with Crippen LogP contribution in [0.15, 0.2) is 0 Å². The van der Waals surface area contributed by atoms with Gasteiger partial charge in [-0.15, -0.1) is 0 Å². The van der Waals surface area contributed by atoms with Gasteiger partial charge in [0.25, 0.3) is 0 Å². The lowest BCUT2D eigenvalue weighted by Gasteiger charge is -2.39. The molecule has 3 atom stereocenters. The number of hydrogen-bond donors (Lipinski definition) is 1. The van der Waals surface area contributed by atoms with Crippen molar-refractivity contribution < 1.29 is 0 Å². The van der Waals surface area contributed by atoms with Crippen LogP contribution in [-0.4, -0.2) is 30.1 Å². The predicted octanol–water partition coefficient (Wildman–Crippen LogP) is 2.87. The molecule has 1 saturated carbocycles. The van der Waals surface area contributed by atoms with Gasteiger partial charge in [0.1, 0.15) is 0 Å². The van der Waals surface area contributed by atoms with Crippen LogP contribution in [0.2, 0.25) is 0 Å². The van der Waals surface area contributed by atoms with E-state index in [1.54, 1.807) is 0 Å². The second-order valence-corrected chi connectivity index (χ2v) is 7.35. The lowest BCUT2D eigenvalue weighted by Crippen LogP contribution is -2.45. The highest BCUT2D eigenvalue weighted by Crippen LogP contribution is 2.44. The Morgan fingerprint density at radius 2 is 1.76 bits per heavy atom. The van der Waals surface area contributed by atoms with Crippen LogP contribution in [0.5, 0.6) is 0 Å². The highest BCUT2D eigenvalue weighted by atomic mass is 15.2. The lowest BCUT2D eigenvalue weighted by molar-refractivity contribution is 0.103. The van der Waals surface area contributed by atoms with E-state index in [0.29, 0.717) is 11.5 Å². The maximum Gasteiger partial charge on any atom is 0.0126 e. The lowest BCUT2D eigenvalue weighted by atomic mass is 9.89. The Kier molecular flexibility index (Phi) is 3.84. The standard InChI is InChI=1S/C15H30N2/c1-11-9-15(3,4)10-14(11)17-7-5-13(6-8-17)12(2)16/h11-14H,5-10,16H2,1-4H3. The molecule has 0 amide bonds. The van der Waals surface area contributed by atoms with Crippen LogP contribution in [0, 0.1) is 17.3 Å². The first-order chi connectivity index (χ1) is 7.89. The van der Waals surface area contributed by atoms with Crippen molar-refractivity contribution in [1.82, 2.24) is 4.90 Å². The normalized spacial score (nSPS) is 37.2. The van der Waals surface area contributed by atoms with Gasteiger partial charge < -0.3 is 10.6 Å². The van der Waals surface area contributed by atoms with Crippen LogP contribution in [-0.2, 0) is 0 Å². The van der Waals surface area contributed by atoms with Gasteiger partial charge in [0.2, 0.25) is 0 Å². The van der Waals surface area contributed by atoms with E-state index in [0.717, 1.165) is 17.9 Å². The summed E-state index contributed by atoms with van der Waals surface area (Å²) in [5.41, 5.74) is 6.58. The molecule has 1 heterocycles. The topological polar surface area (TPSA) is 29.3 Å². The highest BCUT2D eigenvalue weighted by molar-refractivity contribution is 4.94. The second kappa shape index (κ2) is 4.89. The number of likely N-dealkylation sites (tertiary alicyclic amines) is 1. The summed E-state index contributed by atoms with van der Waals surface area (Å²) in [5, 5.41) is 0. The largest absolute Gasteiger partial charge is 0.328 e. The number of nitrogens with two attached hydrogens (primary N) is 1. The number of hydrogen-bond acceptors (Lipinski definition) is 2. The van der Waals surface area contributed by atoms with Gasteiger partial charge in [0.05, 0.1) is 0 Å². The van der Waals surface area contributed by atoms with Gasteiger partial charge in [-0.1, -0.05) is 20.8 Å². The van der Waals surface area contributed by atoms with E-state index in [1.807, 2.05) is 0 Å². The maximum absolute atomic E-state index is 6.02. The van der Waals surface area contributed by atoms with Crippen LogP contribution in [0.1, 0.15) is 53.4 Å². The fourth-order valence-corrected chi connectivity index (χ4v) is 4.12. The van der Waals surface area contributed by atoms with E-state index in [9.17, 15) is 0 Å². The third-order valence-corrected chi connectivity index (χ3v) is 5.08. The molecule has 2 heteroatoms. The van der Waals surface area contributed by atoms with Crippen molar-refractivity contribution in [3.63, 3.8) is 0 Å². The Labute approximate surface area is 107 Å². The van der Waals surface area contributed by atoms with Gasteiger partial charge in [-0.3, -0.25) is 0 Å². The average molecular weight is 238 g/mol. The van der Waals surface area contributed by atoms with E-state index in [1.165, 1.54) is 38.8 Å². The van der Waals surface area contributed by atoms with Crippen LogP contribution >= 0.6 is 0 Å². The van der Waals surface area contributed by atoms with Crippen molar-refractivity contribution in [2.24, 2.45) is 23.0 Å². The Morgan fingerprint density at radius 3 is 2.18 bits per heavy atom. The highest BCUT2D eigenvalue weighted by Gasteiger charge is 2.40. The summed E-state index contributed by atoms with van der Waals surface area (Å²) in [7, 11) is 0. The Morgan fingerprint density at radius 1 is 1.18 bits per heavy atom. The van der Waals surface area contributed by atoms with Gasteiger partial charge >= 0.3 is 0 Å².